The van der Waals surface area contributed by atoms with Gasteiger partial charge in [-0.25, -0.2) is 4.39 Å². The van der Waals surface area contributed by atoms with Crippen LogP contribution in [0.15, 0.2) is 22.7 Å². The number of aromatic nitrogens is 1. The first kappa shape index (κ1) is 17.7. The lowest BCUT2D eigenvalue weighted by Crippen LogP contribution is -2.29. The Balaban J connectivity index is 1.67. The Morgan fingerprint density at radius 2 is 1.91 bits per heavy atom. The van der Waals surface area contributed by atoms with Crippen LogP contribution in [-0.4, -0.2) is 16.8 Å². The quantitative estimate of drug-likeness (QED) is 0.498. The molecular formula is C17H24FN3OS. The van der Waals surface area contributed by atoms with Gasteiger partial charge >= 0.3 is 0 Å². The average Bonchev–Trinajstić information content (AvgIpc) is 2.94. The fourth-order valence-electron chi connectivity index (χ4n) is 2.45. The lowest BCUT2D eigenvalue weighted by Gasteiger charge is -2.08. The number of rotatable bonds is 9. The van der Waals surface area contributed by atoms with Crippen LogP contribution >= 0.6 is 12.2 Å². The van der Waals surface area contributed by atoms with E-state index in [4.69, 9.17) is 16.7 Å². The van der Waals surface area contributed by atoms with E-state index in [-0.39, 0.29) is 5.58 Å². The van der Waals surface area contributed by atoms with E-state index in [0.717, 1.165) is 13.0 Å². The zero-order valence-electron chi connectivity index (χ0n) is 13.5. The van der Waals surface area contributed by atoms with Gasteiger partial charge in [-0.15, -0.1) is 0 Å². The van der Waals surface area contributed by atoms with Crippen molar-refractivity contribution in [3.8, 4) is 0 Å². The lowest BCUT2D eigenvalue weighted by atomic mass is 10.1. The predicted octanol–water partition coefficient (Wildman–Crippen LogP) is 5.00. The first-order valence-electron chi connectivity index (χ1n) is 8.31. The summed E-state index contributed by atoms with van der Waals surface area (Å²) in [7, 11) is 0. The van der Waals surface area contributed by atoms with Crippen LogP contribution in [0.2, 0.25) is 0 Å². The summed E-state index contributed by atoms with van der Waals surface area (Å²) >= 11 is 5.24. The molecule has 1 heterocycles. The summed E-state index contributed by atoms with van der Waals surface area (Å²) in [5.41, 5.74) is 0.143. The van der Waals surface area contributed by atoms with Gasteiger partial charge in [0.1, 0.15) is 0 Å². The number of anilines is 1. The second-order valence-corrected chi connectivity index (χ2v) is 6.06. The lowest BCUT2D eigenvalue weighted by molar-refractivity contribution is 0.443. The van der Waals surface area contributed by atoms with Crippen molar-refractivity contribution in [2.45, 2.75) is 51.9 Å². The Morgan fingerprint density at radius 3 is 2.70 bits per heavy atom. The molecule has 1 aromatic carbocycles. The summed E-state index contributed by atoms with van der Waals surface area (Å²) in [6.45, 7) is 3.05. The molecule has 0 fully saturated rings. The SMILES string of the molecule is CCCCCCCCCNC(=S)Nc1noc2c(F)cccc12. The zero-order chi connectivity index (χ0) is 16.5. The Hall–Kier alpha value is -1.69. The molecule has 0 saturated heterocycles. The molecule has 4 nitrogen and oxygen atoms in total. The minimum atomic E-state index is -0.426. The van der Waals surface area contributed by atoms with Crippen molar-refractivity contribution in [2.75, 3.05) is 11.9 Å². The maximum absolute atomic E-state index is 13.5. The van der Waals surface area contributed by atoms with Crippen molar-refractivity contribution in [3.05, 3.63) is 24.0 Å². The highest BCUT2D eigenvalue weighted by Crippen LogP contribution is 2.24. The topological polar surface area (TPSA) is 50.1 Å². The van der Waals surface area contributed by atoms with Crippen LogP contribution in [0.3, 0.4) is 0 Å². The van der Waals surface area contributed by atoms with E-state index in [1.54, 1.807) is 12.1 Å². The molecule has 0 unspecified atom stereocenters. The zero-order valence-corrected chi connectivity index (χ0v) is 14.3. The van der Waals surface area contributed by atoms with Gasteiger partial charge in [0.25, 0.3) is 0 Å². The van der Waals surface area contributed by atoms with Gasteiger partial charge in [0, 0.05) is 6.54 Å². The van der Waals surface area contributed by atoms with Crippen molar-refractivity contribution in [1.82, 2.24) is 10.5 Å². The number of hydrogen-bond acceptors (Lipinski definition) is 3. The van der Waals surface area contributed by atoms with E-state index >= 15 is 0 Å². The first-order valence-corrected chi connectivity index (χ1v) is 8.72. The summed E-state index contributed by atoms with van der Waals surface area (Å²) in [5, 5.41) is 11.0. The molecule has 0 saturated carbocycles. The summed E-state index contributed by atoms with van der Waals surface area (Å²) < 4.78 is 18.5. The van der Waals surface area contributed by atoms with Gasteiger partial charge < -0.3 is 15.2 Å². The number of unbranched alkanes of at least 4 members (excludes halogenated alkanes) is 6. The molecule has 2 aromatic rings. The largest absolute Gasteiger partial charge is 0.362 e. The number of thiocarbonyl (C=S) groups is 1. The molecule has 2 rings (SSSR count). The van der Waals surface area contributed by atoms with Crippen LogP contribution in [-0.2, 0) is 0 Å². The summed E-state index contributed by atoms with van der Waals surface area (Å²) in [5.74, 6) is 0.0153. The molecule has 0 spiro atoms. The summed E-state index contributed by atoms with van der Waals surface area (Å²) in [6, 6.07) is 4.71. The molecule has 2 N–H and O–H groups in total. The monoisotopic (exact) mass is 337 g/mol. The first-order chi connectivity index (χ1) is 11.2. The van der Waals surface area contributed by atoms with Crippen LogP contribution in [0.4, 0.5) is 10.2 Å². The predicted molar refractivity (Wildman–Crippen MR) is 96.2 cm³/mol. The second kappa shape index (κ2) is 9.45. The number of benzene rings is 1. The van der Waals surface area contributed by atoms with Crippen LogP contribution in [0, 0.1) is 5.82 Å². The molecule has 0 aliphatic carbocycles. The molecule has 0 aliphatic heterocycles. The second-order valence-electron chi connectivity index (χ2n) is 5.65. The Bertz CT molecular complexity index is 629. The number of fused-ring (bicyclic) bond motifs is 1. The van der Waals surface area contributed by atoms with Gasteiger partial charge in [-0.05, 0) is 30.8 Å². The average molecular weight is 337 g/mol. The third-order valence-corrected chi connectivity index (χ3v) is 3.99. The molecule has 0 radical (unpaired) electrons. The summed E-state index contributed by atoms with van der Waals surface area (Å²) in [6.07, 6.45) is 8.82. The number of nitrogens with one attached hydrogen (secondary N) is 2. The molecule has 0 amide bonds. The van der Waals surface area contributed by atoms with E-state index < -0.39 is 5.82 Å². The molecule has 0 aliphatic rings. The molecule has 6 heteroatoms. The van der Waals surface area contributed by atoms with Crippen molar-refractivity contribution in [2.24, 2.45) is 0 Å². The highest BCUT2D eigenvalue weighted by molar-refractivity contribution is 7.80. The highest BCUT2D eigenvalue weighted by Gasteiger charge is 2.12. The van der Waals surface area contributed by atoms with Gasteiger partial charge in [-0.3, -0.25) is 0 Å². The van der Waals surface area contributed by atoms with E-state index in [1.165, 1.54) is 44.6 Å². The van der Waals surface area contributed by atoms with E-state index in [2.05, 4.69) is 22.7 Å². The minimum absolute atomic E-state index is 0.143. The molecule has 0 bridgehead atoms. The number of hydrogen-bond donors (Lipinski definition) is 2. The van der Waals surface area contributed by atoms with Gasteiger partial charge in [-0.1, -0.05) is 56.7 Å². The summed E-state index contributed by atoms with van der Waals surface area (Å²) in [4.78, 5) is 0. The maximum atomic E-state index is 13.5. The fraction of sp³-hybridized carbons (Fsp3) is 0.529. The molecule has 1 aromatic heterocycles. The van der Waals surface area contributed by atoms with Crippen LogP contribution in [0.1, 0.15) is 51.9 Å². The Morgan fingerprint density at radius 1 is 1.17 bits per heavy atom. The normalized spacial score (nSPS) is 10.9. The molecule has 126 valence electrons. The van der Waals surface area contributed by atoms with Gasteiger partial charge in [0.2, 0.25) is 5.58 Å². The number of halogens is 1. The molecule has 0 atom stereocenters. The van der Waals surface area contributed by atoms with Crippen molar-refractivity contribution < 1.29 is 8.91 Å². The van der Waals surface area contributed by atoms with Crippen molar-refractivity contribution >= 4 is 34.1 Å². The molecule has 23 heavy (non-hydrogen) atoms. The smallest absolute Gasteiger partial charge is 0.204 e. The highest BCUT2D eigenvalue weighted by atomic mass is 32.1. The fourth-order valence-corrected chi connectivity index (χ4v) is 2.65. The van der Waals surface area contributed by atoms with Crippen LogP contribution in [0.5, 0.6) is 0 Å². The van der Waals surface area contributed by atoms with Gasteiger partial charge in [0.15, 0.2) is 16.7 Å². The number of nitrogens with zero attached hydrogens (tertiary/aromatic N) is 1. The third-order valence-electron chi connectivity index (χ3n) is 3.75. The standard InChI is InChI=1S/C17H24FN3OS/c1-2-3-4-5-6-7-8-12-19-17(23)20-16-13-10-9-11-14(18)15(13)22-21-16/h9-11H,2-8,12H2,1H3,(H2,19,20,21,23). The van der Waals surface area contributed by atoms with E-state index in [9.17, 15) is 4.39 Å². The minimum Gasteiger partial charge on any atom is -0.362 e. The van der Waals surface area contributed by atoms with E-state index in [1.807, 2.05) is 0 Å². The Kier molecular flexibility index (Phi) is 7.26. The Labute approximate surface area is 141 Å². The number of para-hydroxylation sites is 1. The van der Waals surface area contributed by atoms with Crippen molar-refractivity contribution in [1.29, 1.82) is 0 Å². The third kappa shape index (κ3) is 5.46. The van der Waals surface area contributed by atoms with Crippen LogP contribution < -0.4 is 10.6 Å². The van der Waals surface area contributed by atoms with Crippen molar-refractivity contribution in [3.63, 3.8) is 0 Å². The van der Waals surface area contributed by atoms with Gasteiger partial charge in [0.05, 0.1) is 5.39 Å². The van der Waals surface area contributed by atoms with E-state index in [0.29, 0.717) is 16.3 Å². The van der Waals surface area contributed by atoms with Gasteiger partial charge in [-0.2, -0.15) is 0 Å². The van der Waals surface area contributed by atoms with Crippen LogP contribution in [0.25, 0.3) is 11.0 Å². The molecular weight excluding hydrogens is 313 g/mol. The maximum Gasteiger partial charge on any atom is 0.204 e.